The number of carbonyl (C=O) groups excluding carboxylic acids is 1. The lowest BCUT2D eigenvalue weighted by Gasteiger charge is -2.13. The molecule has 0 aliphatic heterocycles. The van der Waals surface area contributed by atoms with E-state index in [1.54, 1.807) is 38.1 Å². The van der Waals surface area contributed by atoms with Gasteiger partial charge < -0.3 is 9.57 Å². The first-order chi connectivity index (χ1) is 17.6. The standard InChI is InChI=1S/C25H27ClFN5O5/c1-15(22(33)36-3)11-12-31-24(34)29-23(32(25(31)35)14-17-5-7-18(26)8-6-17)28-19-9-10-20(21(27)13-19)16(2)30-37-4/h5-10,13,15H,11-12,14H2,1-4H3,(H,28,29,34)/b30-16+/t15-/m0/s1. The summed E-state index contributed by atoms with van der Waals surface area (Å²) in [4.78, 5) is 49.6. The first-order valence-electron chi connectivity index (χ1n) is 11.3. The lowest BCUT2D eigenvalue weighted by atomic mass is 10.1. The van der Waals surface area contributed by atoms with Gasteiger partial charge in [-0.1, -0.05) is 35.8 Å². The molecule has 12 heteroatoms. The maximum absolute atomic E-state index is 14.7. The summed E-state index contributed by atoms with van der Waals surface area (Å²) in [7, 11) is 2.63. The molecule has 1 aromatic heterocycles. The van der Waals surface area contributed by atoms with Gasteiger partial charge in [-0.25, -0.2) is 23.5 Å². The summed E-state index contributed by atoms with van der Waals surface area (Å²) in [6.07, 6.45) is 0.210. The summed E-state index contributed by atoms with van der Waals surface area (Å²) in [5.41, 5.74) is 0.0144. The van der Waals surface area contributed by atoms with Crippen LogP contribution < -0.4 is 17.0 Å². The van der Waals surface area contributed by atoms with Crippen molar-refractivity contribution in [2.24, 2.45) is 16.1 Å². The van der Waals surface area contributed by atoms with E-state index in [0.717, 1.165) is 10.1 Å². The number of H-pyrrole nitrogens is 1. The van der Waals surface area contributed by atoms with E-state index >= 15 is 0 Å². The number of halogens is 2. The molecule has 3 rings (SSSR count). The highest BCUT2D eigenvalue weighted by Gasteiger charge is 2.16. The van der Waals surface area contributed by atoms with Crippen molar-refractivity contribution in [3.63, 3.8) is 0 Å². The minimum atomic E-state index is -0.715. The Labute approximate surface area is 216 Å². The molecule has 10 nitrogen and oxygen atoms in total. The average molecular weight is 532 g/mol. The van der Waals surface area contributed by atoms with Crippen molar-refractivity contribution in [3.05, 3.63) is 91.0 Å². The normalized spacial score (nSPS) is 12.9. The zero-order valence-electron chi connectivity index (χ0n) is 20.8. The molecule has 0 aliphatic rings. The molecule has 0 radical (unpaired) electrons. The van der Waals surface area contributed by atoms with Gasteiger partial charge in [-0.05, 0) is 43.2 Å². The molecule has 0 unspecified atom stereocenters. The zero-order chi connectivity index (χ0) is 27.1. The van der Waals surface area contributed by atoms with Crippen LogP contribution in [0.4, 0.5) is 10.1 Å². The van der Waals surface area contributed by atoms with Crippen molar-refractivity contribution < 1.29 is 18.8 Å². The van der Waals surface area contributed by atoms with Gasteiger partial charge in [0, 0.05) is 23.2 Å². The van der Waals surface area contributed by atoms with Crippen LogP contribution in [0.3, 0.4) is 0 Å². The summed E-state index contributed by atoms with van der Waals surface area (Å²) >= 11 is 5.98. The fourth-order valence-electron chi connectivity index (χ4n) is 3.57. The van der Waals surface area contributed by atoms with E-state index in [9.17, 15) is 18.8 Å². The monoisotopic (exact) mass is 531 g/mol. The SMILES string of the molecule is CO/N=C(\C)c1ccc(/N=c2\[nH]c(=O)n(CC[C@H](C)C(=O)OC)c(=O)n2Cc2ccc(Cl)cc2)cc1F. The van der Waals surface area contributed by atoms with Gasteiger partial charge in [0.25, 0.3) is 0 Å². The van der Waals surface area contributed by atoms with Crippen LogP contribution in [-0.4, -0.2) is 40.0 Å². The Bertz CT molecular complexity index is 1490. The predicted octanol–water partition coefficient (Wildman–Crippen LogP) is 2.98. The molecule has 0 saturated carbocycles. The fraction of sp³-hybridized carbons (Fsp3) is 0.320. The lowest BCUT2D eigenvalue weighted by Crippen LogP contribution is -2.50. The molecule has 0 amide bonds. The molecule has 0 bridgehead atoms. The van der Waals surface area contributed by atoms with E-state index in [1.165, 1.54) is 37.0 Å². The summed E-state index contributed by atoms with van der Waals surface area (Å²) in [5, 5.41) is 4.25. The minimum Gasteiger partial charge on any atom is -0.469 e. The number of carbonyl (C=O) groups is 1. The molecule has 1 N–H and O–H groups in total. The number of nitrogens with one attached hydrogen (secondary N) is 1. The van der Waals surface area contributed by atoms with Gasteiger partial charge in [0.1, 0.15) is 12.9 Å². The number of methoxy groups -OCH3 is 1. The van der Waals surface area contributed by atoms with E-state index in [4.69, 9.17) is 21.2 Å². The van der Waals surface area contributed by atoms with Crippen molar-refractivity contribution >= 4 is 29.0 Å². The molecule has 0 saturated heterocycles. The molecule has 37 heavy (non-hydrogen) atoms. The van der Waals surface area contributed by atoms with Crippen LogP contribution in [0, 0.1) is 11.7 Å². The fourth-order valence-corrected chi connectivity index (χ4v) is 3.70. The minimum absolute atomic E-state index is 0.0211. The Kier molecular flexibility index (Phi) is 9.18. The predicted molar refractivity (Wildman–Crippen MR) is 137 cm³/mol. The van der Waals surface area contributed by atoms with Crippen LogP contribution in [0.1, 0.15) is 31.4 Å². The van der Waals surface area contributed by atoms with Gasteiger partial charge in [-0.15, -0.1) is 0 Å². The number of nitrogens with zero attached hydrogens (tertiary/aromatic N) is 4. The number of oxime groups is 1. The molecular weight excluding hydrogens is 505 g/mol. The molecule has 2 aromatic carbocycles. The highest BCUT2D eigenvalue weighted by molar-refractivity contribution is 6.30. The van der Waals surface area contributed by atoms with Crippen LogP contribution in [0.25, 0.3) is 0 Å². The highest BCUT2D eigenvalue weighted by Crippen LogP contribution is 2.17. The highest BCUT2D eigenvalue weighted by atomic mass is 35.5. The third-order valence-electron chi connectivity index (χ3n) is 5.63. The zero-order valence-corrected chi connectivity index (χ0v) is 21.6. The Balaban J connectivity index is 2.11. The van der Waals surface area contributed by atoms with Gasteiger partial charge in [-0.3, -0.25) is 14.3 Å². The Morgan fingerprint density at radius 1 is 1.14 bits per heavy atom. The summed E-state index contributed by atoms with van der Waals surface area (Å²) in [6.45, 7) is 3.27. The number of aromatic amines is 1. The van der Waals surface area contributed by atoms with Gasteiger partial charge in [-0.2, -0.15) is 0 Å². The molecule has 0 spiro atoms. The largest absolute Gasteiger partial charge is 0.469 e. The van der Waals surface area contributed by atoms with Crippen molar-refractivity contribution in [1.82, 2.24) is 14.1 Å². The Hall–Kier alpha value is -3.99. The third-order valence-corrected chi connectivity index (χ3v) is 5.88. The third kappa shape index (κ3) is 6.82. The average Bonchev–Trinajstić information content (AvgIpc) is 2.86. The number of esters is 1. The first-order valence-corrected chi connectivity index (χ1v) is 11.7. The summed E-state index contributed by atoms with van der Waals surface area (Å²) < 4.78 is 21.7. The first kappa shape index (κ1) is 27.6. The molecular formula is C25H27ClFN5O5. The quantitative estimate of drug-likeness (QED) is 0.258. The molecule has 196 valence electrons. The van der Waals surface area contributed by atoms with Crippen molar-refractivity contribution in [2.75, 3.05) is 14.2 Å². The van der Waals surface area contributed by atoms with Crippen LogP contribution in [0.2, 0.25) is 5.02 Å². The number of aromatic nitrogens is 3. The number of benzene rings is 2. The maximum Gasteiger partial charge on any atom is 0.335 e. The second kappa shape index (κ2) is 12.3. The smallest absolute Gasteiger partial charge is 0.335 e. The number of hydrogen-bond acceptors (Lipinski definition) is 7. The van der Waals surface area contributed by atoms with E-state index < -0.39 is 29.1 Å². The van der Waals surface area contributed by atoms with Crippen LogP contribution in [0.15, 0.2) is 62.2 Å². The molecule has 0 fully saturated rings. The van der Waals surface area contributed by atoms with Gasteiger partial charge in [0.05, 0.1) is 31.0 Å². The van der Waals surface area contributed by atoms with E-state index in [1.807, 2.05) is 0 Å². The number of hydrogen-bond donors (Lipinski definition) is 1. The van der Waals surface area contributed by atoms with Gasteiger partial charge in [0.2, 0.25) is 5.62 Å². The van der Waals surface area contributed by atoms with Crippen molar-refractivity contribution in [3.8, 4) is 0 Å². The van der Waals surface area contributed by atoms with Crippen molar-refractivity contribution in [2.45, 2.75) is 33.4 Å². The summed E-state index contributed by atoms with van der Waals surface area (Å²) in [5.74, 6) is -1.56. The van der Waals surface area contributed by atoms with Crippen LogP contribution >= 0.6 is 11.6 Å². The summed E-state index contributed by atoms with van der Waals surface area (Å²) in [6, 6.07) is 11.0. The number of rotatable bonds is 9. The van der Waals surface area contributed by atoms with Gasteiger partial charge in [0.15, 0.2) is 0 Å². The molecule has 1 heterocycles. The van der Waals surface area contributed by atoms with Gasteiger partial charge >= 0.3 is 17.3 Å². The van der Waals surface area contributed by atoms with Crippen LogP contribution in [0.5, 0.6) is 0 Å². The van der Waals surface area contributed by atoms with Crippen LogP contribution in [-0.2, 0) is 27.5 Å². The van der Waals surface area contributed by atoms with E-state index in [-0.39, 0.29) is 36.4 Å². The lowest BCUT2D eigenvalue weighted by molar-refractivity contribution is -0.145. The second-order valence-corrected chi connectivity index (χ2v) is 8.69. The Morgan fingerprint density at radius 2 is 1.84 bits per heavy atom. The molecule has 1 atom stereocenters. The Morgan fingerprint density at radius 3 is 2.46 bits per heavy atom. The van der Waals surface area contributed by atoms with E-state index in [2.05, 4.69) is 15.1 Å². The van der Waals surface area contributed by atoms with E-state index in [0.29, 0.717) is 10.7 Å². The molecule has 0 aliphatic carbocycles. The number of ether oxygens (including phenoxy) is 1. The maximum atomic E-state index is 14.7. The van der Waals surface area contributed by atoms with Crippen molar-refractivity contribution in [1.29, 1.82) is 0 Å². The second-order valence-electron chi connectivity index (χ2n) is 8.25. The molecule has 3 aromatic rings. The topological polar surface area (TPSA) is 120 Å².